The van der Waals surface area contributed by atoms with E-state index >= 15 is 0 Å². The van der Waals surface area contributed by atoms with Gasteiger partial charge in [0, 0.05) is 5.57 Å². The molecule has 1 aliphatic rings. The predicted molar refractivity (Wildman–Crippen MR) is 49.1 cm³/mol. The molecule has 0 amide bonds. The molecule has 0 spiro atoms. The van der Waals surface area contributed by atoms with Crippen LogP contribution in [0.25, 0.3) is 0 Å². The fraction of sp³-hybridized carbons (Fsp3) is 0.250. The Labute approximate surface area is 72.4 Å². The molecule has 2 nitrogen and oxygen atoms in total. The van der Waals surface area contributed by atoms with Crippen LogP contribution in [0.2, 0.25) is 0 Å². The van der Waals surface area contributed by atoms with E-state index in [2.05, 4.69) is 26.0 Å². The minimum Gasteiger partial charge on any atom is -0.355 e. The molecule has 0 saturated heterocycles. The highest BCUT2D eigenvalue weighted by atomic mass is 32.1. The van der Waals surface area contributed by atoms with E-state index < -0.39 is 0 Å². The van der Waals surface area contributed by atoms with E-state index in [1.165, 1.54) is 0 Å². The number of thiol groups is 1. The Kier molecular flexibility index (Phi) is 2.79. The van der Waals surface area contributed by atoms with Crippen molar-refractivity contribution >= 4 is 12.8 Å². The molecule has 11 heavy (non-hydrogen) atoms. The van der Waals surface area contributed by atoms with E-state index in [1.807, 2.05) is 0 Å². The summed E-state index contributed by atoms with van der Waals surface area (Å²) in [5, 5.41) is 0. The smallest absolute Gasteiger partial charge is 0.129 e. The lowest BCUT2D eigenvalue weighted by Gasteiger charge is -2.25. The number of ether oxygens (including phenoxy) is 1. The predicted octanol–water partition coefficient (Wildman–Crippen LogP) is 1.75. The van der Waals surface area contributed by atoms with E-state index in [9.17, 15) is 0 Å². The lowest BCUT2D eigenvalue weighted by atomic mass is 10.2. The third kappa shape index (κ3) is 1.67. The summed E-state index contributed by atoms with van der Waals surface area (Å²) in [7, 11) is 0. The van der Waals surface area contributed by atoms with Gasteiger partial charge in [0.25, 0.3) is 0 Å². The van der Waals surface area contributed by atoms with Crippen molar-refractivity contribution in [2.45, 2.75) is 0 Å². The van der Waals surface area contributed by atoms with Gasteiger partial charge >= 0.3 is 0 Å². The van der Waals surface area contributed by atoms with Crippen molar-refractivity contribution < 1.29 is 4.74 Å². The molecule has 0 aromatic rings. The van der Waals surface area contributed by atoms with Gasteiger partial charge in [-0.15, -0.1) is 0 Å². The van der Waals surface area contributed by atoms with Crippen molar-refractivity contribution in [3.05, 3.63) is 36.6 Å². The molecule has 60 valence electrons. The van der Waals surface area contributed by atoms with Gasteiger partial charge in [-0.1, -0.05) is 32.0 Å². The fourth-order valence-corrected chi connectivity index (χ4v) is 1.24. The summed E-state index contributed by atoms with van der Waals surface area (Å²) in [6.45, 7) is 8.45. The third-order valence-corrected chi connectivity index (χ3v) is 1.85. The number of hydrogen-bond acceptors (Lipinski definition) is 3. The van der Waals surface area contributed by atoms with Gasteiger partial charge in [-0.2, -0.15) is 0 Å². The van der Waals surface area contributed by atoms with Gasteiger partial charge in [0.1, 0.15) is 6.73 Å². The van der Waals surface area contributed by atoms with E-state index in [4.69, 9.17) is 4.74 Å². The van der Waals surface area contributed by atoms with Crippen LogP contribution in [0, 0.1) is 0 Å². The van der Waals surface area contributed by atoms with Crippen molar-refractivity contribution in [1.29, 1.82) is 0 Å². The van der Waals surface area contributed by atoms with Crippen molar-refractivity contribution in [3.8, 4) is 0 Å². The van der Waals surface area contributed by atoms with Crippen LogP contribution in [0.5, 0.6) is 0 Å². The highest BCUT2D eigenvalue weighted by Gasteiger charge is 2.12. The third-order valence-electron chi connectivity index (χ3n) is 1.52. The Morgan fingerprint density at radius 3 is 2.64 bits per heavy atom. The first-order valence-corrected chi connectivity index (χ1v) is 3.71. The molecule has 0 unspecified atom stereocenters. The zero-order valence-electron chi connectivity index (χ0n) is 6.29. The molecule has 0 radical (unpaired) electrons. The summed E-state index contributed by atoms with van der Waals surface area (Å²) >= 11 is 4.18. The van der Waals surface area contributed by atoms with Gasteiger partial charge in [-0.05, 0) is 6.08 Å². The Bertz CT molecular complexity index is 210. The second kappa shape index (κ2) is 3.64. The fourth-order valence-electron chi connectivity index (χ4n) is 0.951. The summed E-state index contributed by atoms with van der Waals surface area (Å²) in [6.07, 6.45) is 3.52. The zero-order valence-corrected chi connectivity index (χ0v) is 7.18. The maximum absolute atomic E-state index is 5.19. The van der Waals surface area contributed by atoms with E-state index in [1.54, 1.807) is 16.5 Å². The average molecular weight is 169 g/mol. The van der Waals surface area contributed by atoms with Crippen LogP contribution >= 0.6 is 12.8 Å². The van der Waals surface area contributed by atoms with E-state index in [0.29, 0.717) is 13.3 Å². The van der Waals surface area contributed by atoms with Crippen LogP contribution in [0.1, 0.15) is 0 Å². The molecule has 0 fully saturated rings. The number of hydrogen-bond donors (Lipinski definition) is 1. The molecule has 0 bridgehead atoms. The maximum Gasteiger partial charge on any atom is 0.129 e. The summed E-state index contributed by atoms with van der Waals surface area (Å²) in [5.74, 6) is 0. The first kappa shape index (κ1) is 8.43. The minimum absolute atomic E-state index is 0.502. The topological polar surface area (TPSA) is 12.5 Å². The molecule has 3 heteroatoms. The van der Waals surface area contributed by atoms with Gasteiger partial charge in [0.05, 0.1) is 12.3 Å². The average Bonchev–Trinajstić information content (AvgIpc) is 2.04. The summed E-state index contributed by atoms with van der Waals surface area (Å²) in [5.41, 5.74) is 2.01. The molecular weight excluding hydrogens is 158 g/mol. The van der Waals surface area contributed by atoms with Crippen molar-refractivity contribution in [3.63, 3.8) is 0 Å². The van der Waals surface area contributed by atoms with Crippen molar-refractivity contribution in [1.82, 2.24) is 4.31 Å². The number of rotatable bonds is 2. The van der Waals surface area contributed by atoms with E-state index in [-0.39, 0.29) is 0 Å². The quantitative estimate of drug-likeness (QED) is 0.632. The summed E-state index contributed by atoms with van der Waals surface area (Å²) < 4.78 is 6.89. The largest absolute Gasteiger partial charge is 0.355 e. The first-order chi connectivity index (χ1) is 5.29. The molecule has 0 N–H and O–H groups in total. The van der Waals surface area contributed by atoms with Crippen LogP contribution in [0.15, 0.2) is 36.6 Å². The molecular formula is C8H11NOS. The SMILES string of the molecule is C=CC1=C(C=C)N(S)COC1. The molecule has 0 atom stereocenters. The molecule has 0 saturated carbocycles. The molecule has 1 heterocycles. The monoisotopic (exact) mass is 169 g/mol. The Hall–Kier alpha value is -0.670. The van der Waals surface area contributed by atoms with Gasteiger partial charge in [-0.25, -0.2) is 0 Å². The first-order valence-electron chi connectivity index (χ1n) is 3.31. The standard InChI is InChI=1S/C8H11NOS/c1-3-7-5-10-6-9(11)8(7)4-2/h3-4,11H,1-2,5-6H2. The van der Waals surface area contributed by atoms with Crippen LogP contribution in [0.3, 0.4) is 0 Å². The lowest BCUT2D eigenvalue weighted by molar-refractivity contribution is 0.0929. The van der Waals surface area contributed by atoms with Gasteiger partial charge in [0.2, 0.25) is 0 Å². The Balaban J connectivity index is 2.94. The summed E-state index contributed by atoms with van der Waals surface area (Å²) in [4.78, 5) is 0. The lowest BCUT2D eigenvalue weighted by Crippen LogP contribution is -2.23. The van der Waals surface area contributed by atoms with Crippen LogP contribution in [-0.2, 0) is 4.74 Å². The van der Waals surface area contributed by atoms with E-state index in [0.717, 1.165) is 11.3 Å². The molecule has 1 aliphatic heterocycles. The van der Waals surface area contributed by atoms with Gasteiger partial charge in [0.15, 0.2) is 0 Å². The number of allylic oxidation sites excluding steroid dienone is 1. The molecule has 0 aromatic heterocycles. The highest BCUT2D eigenvalue weighted by Crippen LogP contribution is 2.19. The van der Waals surface area contributed by atoms with Crippen LogP contribution < -0.4 is 0 Å². The molecule has 0 aliphatic carbocycles. The molecule has 0 aromatic carbocycles. The Morgan fingerprint density at radius 2 is 2.18 bits per heavy atom. The zero-order chi connectivity index (χ0) is 8.27. The van der Waals surface area contributed by atoms with Crippen molar-refractivity contribution in [2.24, 2.45) is 0 Å². The molecule has 1 rings (SSSR count). The number of nitrogens with zero attached hydrogens (tertiary/aromatic N) is 1. The minimum atomic E-state index is 0.502. The highest BCUT2D eigenvalue weighted by molar-refractivity contribution is 7.77. The van der Waals surface area contributed by atoms with Crippen molar-refractivity contribution in [2.75, 3.05) is 13.3 Å². The normalized spacial score (nSPS) is 18.5. The van der Waals surface area contributed by atoms with Gasteiger partial charge in [-0.3, -0.25) is 4.31 Å². The Morgan fingerprint density at radius 1 is 1.45 bits per heavy atom. The second-order valence-corrected chi connectivity index (χ2v) is 2.68. The second-order valence-electron chi connectivity index (χ2n) is 2.20. The van der Waals surface area contributed by atoms with Gasteiger partial charge < -0.3 is 4.74 Å². The van der Waals surface area contributed by atoms with Crippen LogP contribution in [0.4, 0.5) is 0 Å². The maximum atomic E-state index is 5.19. The van der Waals surface area contributed by atoms with Crippen LogP contribution in [-0.4, -0.2) is 17.6 Å². The summed E-state index contributed by atoms with van der Waals surface area (Å²) in [6, 6.07) is 0.